The van der Waals surface area contributed by atoms with Gasteiger partial charge in [-0.3, -0.25) is 9.69 Å². The number of hydrogen-bond acceptors (Lipinski definition) is 6. The van der Waals surface area contributed by atoms with Crippen LogP contribution in [-0.4, -0.2) is 60.7 Å². The first-order valence-electron chi connectivity index (χ1n) is 10.6. The molecule has 1 saturated heterocycles. The smallest absolute Gasteiger partial charge is 0.346 e. The first-order chi connectivity index (χ1) is 13.1. The van der Waals surface area contributed by atoms with Gasteiger partial charge in [0.15, 0.2) is 17.6 Å². The highest BCUT2D eigenvalue weighted by Gasteiger charge is 2.37. The van der Waals surface area contributed by atoms with Crippen molar-refractivity contribution in [3.05, 3.63) is 11.3 Å². The zero-order valence-corrected chi connectivity index (χ0v) is 16.3. The van der Waals surface area contributed by atoms with E-state index in [0.29, 0.717) is 12.8 Å². The van der Waals surface area contributed by atoms with Crippen molar-refractivity contribution in [3.63, 3.8) is 0 Å². The van der Waals surface area contributed by atoms with Crippen LogP contribution in [0.1, 0.15) is 64.2 Å². The molecular weight excluding hydrogens is 346 g/mol. The highest BCUT2D eigenvalue weighted by atomic mass is 16.6. The lowest BCUT2D eigenvalue weighted by atomic mass is 9.85. The number of nitrogens with zero attached hydrogens (tertiary/aromatic N) is 1. The summed E-state index contributed by atoms with van der Waals surface area (Å²) in [5, 5.41) is 10.4. The zero-order chi connectivity index (χ0) is 19.1. The third-order valence-electron chi connectivity index (χ3n) is 6.08. The fraction of sp³-hybridized carbons (Fsp3) is 0.810. The van der Waals surface area contributed by atoms with E-state index in [1.54, 1.807) is 0 Å². The molecule has 0 spiro atoms. The third kappa shape index (κ3) is 5.79. The Morgan fingerprint density at radius 1 is 1.07 bits per heavy atom. The molecule has 1 saturated carbocycles. The molecule has 1 N–H and O–H groups in total. The number of ether oxygens (including phenoxy) is 2. The quantitative estimate of drug-likeness (QED) is 0.490. The Balaban J connectivity index is 1.42. The summed E-state index contributed by atoms with van der Waals surface area (Å²) in [6.07, 6.45) is 9.29. The second-order valence-electron chi connectivity index (χ2n) is 8.07. The molecule has 1 aliphatic carbocycles. The molecule has 3 aliphatic rings. The summed E-state index contributed by atoms with van der Waals surface area (Å²) < 4.78 is 10.6. The minimum atomic E-state index is -0.657. The number of aliphatic hydroxyl groups is 1. The van der Waals surface area contributed by atoms with Gasteiger partial charge in [-0.15, -0.1) is 0 Å². The summed E-state index contributed by atoms with van der Waals surface area (Å²) in [5.41, 5.74) is -0.102. The predicted octanol–water partition coefficient (Wildman–Crippen LogP) is 3.16. The molecule has 0 bridgehead atoms. The minimum absolute atomic E-state index is 0.102. The molecule has 1 unspecified atom stereocenters. The monoisotopic (exact) mass is 379 g/mol. The Morgan fingerprint density at radius 2 is 1.81 bits per heavy atom. The van der Waals surface area contributed by atoms with Gasteiger partial charge >= 0.3 is 5.97 Å². The summed E-state index contributed by atoms with van der Waals surface area (Å²) in [7, 11) is 0. The van der Waals surface area contributed by atoms with E-state index >= 15 is 0 Å². The number of carbonyl (C=O) groups excluding carboxylic acids is 2. The topological polar surface area (TPSA) is 76.1 Å². The van der Waals surface area contributed by atoms with Crippen LogP contribution >= 0.6 is 0 Å². The average molecular weight is 379 g/mol. The summed E-state index contributed by atoms with van der Waals surface area (Å²) in [4.78, 5) is 26.8. The van der Waals surface area contributed by atoms with Gasteiger partial charge in [0.2, 0.25) is 0 Å². The van der Waals surface area contributed by atoms with Crippen LogP contribution in [0.15, 0.2) is 11.3 Å². The number of aliphatic hydroxyl groups excluding tert-OH is 1. The first-order valence-corrected chi connectivity index (χ1v) is 10.6. The van der Waals surface area contributed by atoms with Crippen molar-refractivity contribution < 1.29 is 24.2 Å². The van der Waals surface area contributed by atoms with Crippen LogP contribution in [0, 0.1) is 5.92 Å². The number of rotatable bonds is 9. The van der Waals surface area contributed by atoms with E-state index in [0.717, 1.165) is 58.0 Å². The number of morpholine rings is 1. The van der Waals surface area contributed by atoms with Gasteiger partial charge in [0.25, 0.3) is 0 Å². The molecule has 0 aromatic rings. The molecule has 6 heteroatoms. The van der Waals surface area contributed by atoms with Gasteiger partial charge < -0.3 is 14.6 Å². The molecule has 27 heavy (non-hydrogen) atoms. The fourth-order valence-corrected chi connectivity index (χ4v) is 4.44. The number of carbonyl (C=O) groups is 2. The number of cyclic esters (lactones) is 1. The molecule has 2 aliphatic heterocycles. The maximum Gasteiger partial charge on any atom is 0.346 e. The highest BCUT2D eigenvalue weighted by Crippen LogP contribution is 2.29. The van der Waals surface area contributed by atoms with E-state index in [1.807, 2.05) is 0 Å². The molecule has 0 aromatic carbocycles. The van der Waals surface area contributed by atoms with Gasteiger partial charge in [-0.05, 0) is 31.7 Å². The molecule has 2 fully saturated rings. The van der Waals surface area contributed by atoms with Gasteiger partial charge in [-0.2, -0.15) is 0 Å². The van der Waals surface area contributed by atoms with Crippen LogP contribution in [0.2, 0.25) is 0 Å². The Morgan fingerprint density at radius 3 is 2.56 bits per heavy atom. The van der Waals surface area contributed by atoms with Gasteiger partial charge in [0.05, 0.1) is 13.2 Å². The van der Waals surface area contributed by atoms with Crippen molar-refractivity contribution in [2.75, 3.05) is 32.8 Å². The van der Waals surface area contributed by atoms with Gasteiger partial charge in [0.1, 0.15) is 5.57 Å². The van der Waals surface area contributed by atoms with Crippen LogP contribution in [0.4, 0.5) is 0 Å². The van der Waals surface area contributed by atoms with Crippen molar-refractivity contribution >= 4 is 11.8 Å². The lowest BCUT2D eigenvalue weighted by Crippen LogP contribution is -2.37. The van der Waals surface area contributed by atoms with Crippen molar-refractivity contribution in [2.45, 2.75) is 70.3 Å². The number of Topliss-reactive ketones (excluding diaryl/α,β-unsaturated/α-hetero) is 1. The highest BCUT2D eigenvalue weighted by molar-refractivity contribution is 6.19. The summed E-state index contributed by atoms with van der Waals surface area (Å²) >= 11 is 0. The normalized spacial score (nSPS) is 25.0. The fourth-order valence-electron chi connectivity index (χ4n) is 4.44. The maximum atomic E-state index is 12.4. The van der Waals surface area contributed by atoms with Gasteiger partial charge in [0, 0.05) is 19.5 Å². The van der Waals surface area contributed by atoms with Gasteiger partial charge in [-0.1, -0.05) is 38.5 Å². The first kappa shape index (κ1) is 20.3. The molecule has 0 amide bonds. The Bertz CT molecular complexity index is 547. The molecule has 2 heterocycles. The SMILES string of the molecule is O=C(CCCC1CCCCC1)C1=C(O)C(CCCN2CCOCC2)OC1=O. The van der Waals surface area contributed by atoms with E-state index < -0.39 is 12.1 Å². The van der Waals surface area contributed by atoms with Crippen molar-refractivity contribution in [1.82, 2.24) is 4.90 Å². The van der Waals surface area contributed by atoms with Crippen LogP contribution < -0.4 is 0 Å². The lowest BCUT2D eigenvalue weighted by molar-refractivity contribution is -0.141. The third-order valence-corrected chi connectivity index (χ3v) is 6.08. The standard InChI is InChI=1S/C21H33NO5/c23-17(9-4-8-16-6-2-1-3-7-16)19-20(24)18(27-21(19)25)10-5-11-22-12-14-26-15-13-22/h16,18,24H,1-15H2. The average Bonchev–Trinajstić information content (AvgIpc) is 2.97. The van der Waals surface area contributed by atoms with Crippen molar-refractivity contribution in [2.24, 2.45) is 5.92 Å². The van der Waals surface area contributed by atoms with E-state index in [2.05, 4.69) is 4.90 Å². The number of ketones is 1. The largest absolute Gasteiger partial charge is 0.507 e. The summed E-state index contributed by atoms with van der Waals surface area (Å²) in [6, 6.07) is 0. The molecule has 0 aromatic heterocycles. The van der Waals surface area contributed by atoms with Crippen LogP contribution in [0.25, 0.3) is 0 Å². The van der Waals surface area contributed by atoms with E-state index in [-0.39, 0.29) is 17.1 Å². The lowest BCUT2D eigenvalue weighted by Gasteiger charge is -2.26. The van der Waals surface area contributed by atoms with E-state index in [4.69, 9.17) is 9.47 Å². The van der Waals surface area contributed by atoms with Crippen LogP contribution in [0.3, 0.4) is 0 Å². The Labute approximate surface area is 161 Å². The minimum Gasteiger partial charge on any atom is -0.507 e. The second-order valence-corrected chi connectivity index (χ2v) is 8.07. The van der Waals surface area contributed by atoms with E-state index in [1.165, 1.54) is 32.1 Å². The van der Waals surface area contributed by atoms with Gasteiger partial charge in [-0.25, -0.2) is 4.79 Å². The second kappa shape index (κ2) is 10.2. The Hall–Kier alpha value is -1.40. The predicted molar refractivity (Wildman–Crippen MR) is 101 cm³/mol. The van der Waals surface area contributed by atoms with Crippen LogP contribution in [-0.2, 0) is 19.1 Å². The molecule has 3 rings (SSSR count). The summed E-state index contributed by atoms with van der Waals surface area (Å²) in [5.74, 6) is -0.335. The number of hydrogen-bond donors (Lipinski definition) is 1. The molecule has 1 atom stereocenters. The Kier molecular flexibility index (Phi) is 7.70. The van der Waals surface area contributed by atoms with E-state index in [9.17, 15) is 14.7 Å². The van der Waals surface area contributed by atoms with Crippen molar-refractivity contribution in [3.8, 4) is 0 Å². The molecular formula is C21H33NO5. The van der Waals surface area contributed by atoms with Crippen LogP contribution in [0.5, 0.6) is 0 Å². The molecule has 6 nitrogen and oxygen atoms in total. The molecule has 152 valence electrons. The zero-order valence-electron chi connectivity index (χ0n) is 16.3. The number of esters is 1. The van der Waals surface area contributed by atoms with Crippen molar-refractivity contribution in [1.29, 1.82) is 0 Å². The summed E-state index contributed by atoms with van der Waals surface area (Å²) in [6.45, 7) is 4.22. The maximum absolute atomic E-state index is 12.4. The molecule has 0 radical (unpaired) electrons.